The standard InChI is InChI=1S/C12H16ClNO3/c13-9-5-4-6-10(14)12(9)17-8-3-1-2-7-11(15)16/h4-6H,1-3,7-8,14H2,(H,15,16). The van der Waals surface area contributed by atoms with Crippen molar-refractivity contribution in [3.05, 3.63) is 23.2 Å². The van der Waals surface area contributed by atoms with E-state index in [0.29, 0.717) is 29.5 Å². The average Bonchev–Trinajstić information content (AvgIpc) is 2.26. The van der Waals surface area contributed by atoms with Crippen molar-refractivity contribution in [2.45, 2.75) is 25.7 Å². The van der Waals surface area contributed by atoms with Gasteiger partial charge >= 0.3 is 5.97 Å². The Labute approximate surface area is 105 Å². The minimum atomic E-state index is -0.763. The molecule has 94 valence electrons. The molecule has 0 radical (unpaired) electrons. The first-order valence-corrected chi connectivity index (χ1v) is 5.87. The van der Waals surface area contributed by atoms with Gasteiger partial charge in [0.15, 0.2) is 5.75 Å². The molecule has 1 aromatic carbocycles. The third-order valence-electron chi connectivity index (χ3n) is 2.28. The lowest BCUT2D eigenvalue weighted by Crippen LogP contribution is -2.01. The zero-order valence-corrected chi connectivity index (χ0v) is 10.2. The third-order valence-corrected chi connectivity index (χ3v) is 2.58. The number of unbranched alkanes of at least 4 members (excludes halogenated alkanes) is 2. The van der Waals surface area contributed by atoms with Gasteiger partial charge in [-0.1, -0.05) is 17.7 Å². The maximum Gasteiger partial charge on any atom is 0.303 e. The highest BCUT2D eigenvalue weighted by Crippen LogP contribution is 2.30. The van der Waals surface area contributed by atoms with Crippen LogP contribution in [0.1, 0.15) is 25.7 Å². The van der Waals surface area contributed by atoms with E-state index >= 15 is 0 Å². The summed E-state index contributed by atoms with van der Waals surface area (Å²) in [7, 11) is 0. The maximum absolute atomic E-state index is 10.3. The van der Waals surface area contributed by atoms with Gasteiger partial charge in [-0.3, -0.25) is 4.79 Å². The first-order valence-electron chi connectivity index (χ1n) is 5.50. The van der Waals surface area contributed by atoms with E-state index in [1.165, 1.54) is 0 Å². The Morgan fingerprint density at radius 2 is 2.12 bits per heavy atom. The summed E-state index contributed by atoms with van der Waals surface area (Å²) in [6.45, 7) is 0.494. The summed E-state index contributed by atoms with van der Waals surface area (Å²) in [6.07, 6.45) is 2.47. The number of anilines is 1. The predicted octanol–water partition coefficient (Wildman–Crippen LogP) is 2.95. The van der Waals surface area contributed by atoms with Gasteiger partial charge in [-0.2, -0.15) is 0 Å². The molecule has 4 nitrogen and oxygen atoms in total. The number of halogens is 1. The second kappa shape index (κ2) is 7.01. The number of rotatable bonds is 7. The molecule has 0 saturated heterocycles. The molecule has 0 spiro atoms. The van der Waals surface area contributed by atoms with E-state index in [0.717, 1.165) is 12.8 Å². The van der Waals surface area contributed by atoms with Gasteiger partial charge in [0.2, 0.25) is 0 Å². The number of carboxylic acid groups (broad SMARTS) is 1. The smallest absolute Gasteiger partial charge is 0.303 e. The van der Waals surface area contributed by atoms with Gasteiger partial charge in [0.05, 0.1) is 17.3 Å². The zero-order valence-electron chi connectivity index (χ0n) is 9.49. The van der Waals surface area contributed by atoms with Crippen molar-refractivity contribution in [1.29, 1.82) is 0 Å². The molecule has 0 atom stereocenters. The topological polar surface area (TPSA) is 72.5 Å². The Balaban J connectivity index is 2.24. The molecule has 1 rings (SSSR count). The van der Waals surface area contributed by atoms with Gasteiger partial charge in [-0.05, 0) is 31.4 Å². The van der Waals surface area contributed by atoms with Crippen molar-refractivity contribution in [2.24, 2.45) is 0 Å². The third kappa shape index (κ3) is 4.95. The molecule has 1 aromatic rings. The minimum Gasteiger partial charge on any atom is -0.490 e. The molecule has 0 aromatic heterocycles. The van der Waals surface area contributed by atoms with Gasteiger partial charge in [0.25, 0.3) is 0 Å². The van der Waals surface area contributed by atoms with Crippen molar-refractivity contribution in [3.63, 3.8) is 0 Å². The quantitative estimate of drug-likeness (QED) is 0.582. The molecule has 0 aliphatic carbocycles. The molecule has 0 bridgehead atoms. The normalized spacial score (nSPS) is 10.2. The number of carboxylic acids is 1. The van der Waals surface area contributed by atoms with E-state index in [-0.39, 0.29) is 6.42 Å². The second-order valence-electron chi connectivity index (χ2n) is 3.71. The second-order valence-corrected chi connectivity index (χ2v) is 4.12. The summed E-state index contributed by atoms with van der Waals surface area (Å²) < 4.78 is 5.47. The van der Waals surface area contributed by atoms with Crippen LogP contribution in [0.2, 0.25) is 5.02 Å². The molecule has 0 aliphatic heterocycles. The lowest BCUT2D eigenvalue weighted by Gasteiger charge is -2.09. The fraction of sp³-hybridized carbons (Fsp3) is 0.417. The summed E-state index contributed by atoms with van der Waals surface area (Å²) in [6, 6.07) is 5.21. The van der Waals surface area contributed by atoms with Crippen LogP contribution in [0.4, 0.5) is 5.69 Å². The number of carbonyl (C=O) groups is 1. The van der Waals surface area contributed by atoms with Crippen LogP contribution < -0.4 is 10.5 Å². The lowest BCUT2D eigenvalue weighted by molar-refractivity contribution is -0.137. The molecule has 0 aliphatic rings. The highest BCUT2D eigenvalue weighted by atomic mass is 35.5. The first kappa shape index (κ1) is 13.6. The molecule has 0 unspecified atom stereocenters. The number of hydrogen-bond acceptors (Lipinski definition) is 3. The van der Waals surface area contributed by atoms with Gasteiger partial charge in [0.1, 0.15) is 0 Å². The molecule has 17 heavy (non-hydrogen) atoms. The number of para-hydroxylation sites is 1. The van der Waals surface area contributed by atoms with E-state index in [1.54, 1.807) is 18.2 Å². The van der Waals surface area contributed by atoms with Crippen LogP contribution in [0.25, 0.3) is 0 Å². The summed E-state index contributed by atoms with van der Waals surface area (Å²) in [5.74, 6) is -0.256. The maximum atomic E-state index is 10.3. The highest BCUT2D eigenvalue weighted by Gasteiger charge is 2.05. The molecular weight excluding hydrogens is 242 g/mol. The summed E-state index contributed by atoms with van der Waals surface area (Å²) in [5, 5.41) is 8.95. The van der Waals surface area contributed by atoms with Crippen LogP contribution in [0.5, 0.6) is 5.75 Å². The molecule has 5 heteroatoms. The van der Waals surface area contributed by atoms with E-state index in [9.17, 15) is 4.79 Å². The Morgan fingerprint density at radius 3 is 2.76 bits per heavy atom. The first-order chi connectivity index (χ1) is 8.11. The van der Waals surface area contributed by atoms with Gasteiger partial charge in [-0.15, -0.1) is 0 Å². The van der Waals surface area contributed by atoms with Crippen LogP contribution in [-0.2, 0) is 4.79 Å². The minimum absolute atomic E-state index is 0.203. The van der Waals surface area contributed by atoms with Crippen molar-refractivity contribution in [1.82, 2.24) is 0 Å². The number of aliphatic carboxylic acids is 1. The van der Waals surface area contributed by atoms with Crippen LogP contribution in [0.15, 0.2) is 18.2 Å². The molecule has 0 fully saturated rings. The Bertz CT molecular complexity index is 362. The molecule has 0 saturated carbocycles. The summed E-state index contributed by atoms with van der Waals surface area (Å²) in [5.41, 5.74) is 6.23. The van der Waals surface area contributed by atoms with E-state index in [4.69, 9.17) is 27.2 Å². The van der Waals surface area contributed by atoms with Gasteiger partial charge in [-0.25, -0.2) is 0 Å². The van der Waals surface area contributed by atoms with Crippen molar-refractivity contribution < 1.29 is 14.6 Å². The fourth-order valence-corrected chi connectivity index (χ4v) is 1.64. The molecular formula is C12H16ClNO3. The van der Waals surface area contributed by atoms with E-state index in [2.05, 4.69) is 0 Å². The molecule has 3 N–H and O–H groups in total. The number of ether oxygens (including phenoxy) is 1. The van der Waals surface area contributed by atoms with Crippen LogP contribution >= 0.6 is 11.6 Å². The van der Waals surface area contributed by atoms with Gasteiger partial charge < -0.3 is 15.6 Å². The van der Waals surface area contributed by atoms with Crippen molar-refractivity contribution in [2.75, 3.05) is 12.3 Å². The van der Waals surface area contributed by atoms with Gasteiger partial charge in [0, 0.05) is 6.42 Å². The van der Waals surface area contributed by atoms with Crippen LogP contribution in [0.3, 0.4) is 0 Å². The summed E-state index contributed by atoms with van der Waals surface area (Å²) >= 11 is 5.93. The lowest BCUT2D eigenvalue weighted by atomic mass is 10.2. The predicted molar refractivity (Wildman–Crippen MR) is 67.5 cm³/mol. The summed E-state index contributed by atoms with van der Waals surface area (Å²) in [4.78, 5) is 10.3. The monoisotopic (exact) mass is 257 g/mol. The SMILES string of the molecule is Nc1cccc(Cl)c1OCCCCCC(=O)O. The van der Waals surface area contributed by atoms with Crippen molar-refractivity contribution in [3.8, 4) is 5.75 Å². The van der Waals surface area contributed by atoms with Crippen LogP contribution in [0, 0.1) is 0 Å². The van der Waals surface area contributed by atoms with E-state index in [1.807, 2.05) is 0 Å². The number of nitrogen functional groups attached to an aromatic ring is 1. The number of benzene rings is 1. The fourth-order valence-electron chi connectivity index (χ4n) is 1.41. The molecule has 0 amide bonds. The largest absolute Gasteiger partial charge is 0.490 e. The van der Waals surface area contributed by atoms with Crippen molar-refractivity contribution >= 4 is 23.3 Å². The Morgan fingerprint density at radius 1 is 1.35 bits per heavy atom. The Hall–Kier alpha value is -1.42. The van der Waals surface area contributed by atoms with E-state index < -0.39 is 5.97 Å². The zero-order chi connectivity index (χ0) is 12.7. The number of hydrogen-bond donors (Lipinski definition) is 2. The van der Waals surface area contributed by atoms with Crippen LogP contribution in [-0.4, -0.2) is 17.7 Å². The average molecular weight is 258 g/mol. The molecule has 0 heterocycles. The number of nitrogens with two attached hydrogens (primary N) is 1. The highest BCUT2D eigenvalue weighted by molar-refractivity contribution is 6.32. The Kier molecular flexibility index (Phi) is 5.63.